The van der Waals surface area contributed by atoms with Gasteiger partial charge in [-0.3, -0.25) is 23.7 Å². The molecule has 1 saturated heterocycles. The third-order valence-electron chi connectivity index (χ3n) is 5.42. The average molecular weight is 527 g/mol. The van der Waals surface area contributed by atoms with Gasteiger partial charge in [-0.1, -0.05) is 6.07 Å². The highest BCUT2D eigenvalue weighted by Gasteiger charge is 2.51. The number of esters is 3. The summed E-state index contributed by atoms with van der Waals surface area (Å²) in [4.78, 5) is 59.6. The summed E-state index contributed by atoms with van der Waals surface area (Å²) in [6.07, 6.45) is -1.34. The van der Waals surface area contributed by atoms with Gasteiger partial charge in [-0.25, -0.2) is 15.0 Å². The first-order chi connectivity index (χ1) is 18.1. The van der Waals surface area contributed by atoms with Crippen LogP contribution in [0.25, 0.3) is 11.2 Å². The molecule has 1 fully saturated rings. The molecule has 2 N–H and O–H groups in total. The van der Waals surface area contributed by atoms with Crippen molar-refractivity contribution in [2.45, 2.75) is 52.2 Å². The zero-order valence-corrected chi connectivity index (χ0v) is 21.0. The number of imidazole rings is 1. The lowest BCUT2D eigenvalue weighted by Gasteiger charge is -2.23. The highest BCUT2D eigenvalue weighted by molar-refractivity contribution is 5.90. The molecular formula is C24H26N6O8. The lowest BCUT2D eigenvalue weighted by Crippen LogP contribution is -2.40. The highest BCUT2D eigenvalue weighted by atomic mass is 16.7. The summed E-state index contributed by atoms with van der Waals surface area (Å²) in [6.45, 7) is 4.84. The van der Waals surface area contributed by atoms with E-state index < -0.39 is 42.4 Å². The molecule has 14 heteroatoms. The molecule has 200 valence electrons. The van der Waals surface area contributed by atoms with Crippen LogP contribution in [0, 0.1) is 0 Å². The molecule has 2 aromatic heterocycles. The topological polar surface area (TPSA) is 173 Å². The maximum Gasteiger partial charge on any atom is 0.303 e. The largest absolute Gasteiger partial charge is 0.463 e. The second kappa shape index (κ2) is 11.2. The predicted octanol–water partition coefficient (Wildman–Crippen LogP) is 1.85. The minimum atomic E-state index is -1.09. The van der Waals surface area contributed by atoms with Crippen LogP contribution in [-0.4, -0.2) is 68.3 Å². The molecule has 0 saturated carbocycles. The number of rotatable bonds is 8. The Kier molecular flexibility index (Phi) is 7.81. The number of hydrogen-bond donors (Lipinski definition) is 2. The van der Waals surface area contributed by atoms with E-state index in [2.05, 4.69) is 25.6 Å². The summed E-state index contributed by atoms with van der Waals surface area (Å²) < 4.78 is 23.6. The first-order valence-corrected chi connectivity index (χ1v) is 11.6. The van der Waals surface area contributed by atoms with Gasteiger partial charge >= 0.3 is 17.9 Å². The zero-order chi connectivity index (χ0) is 27.4. The average Bonchev–Trinajstić information content (AvgIpc) is 3.39. The van der Waals surface area contributed by atoms with Gasteiger partial charge in [0, 0.05) is 39.1 Å². The number of hydrogen-bond acceptors (Lipinski definition) is 12. The van der Waals surface area contributed by atoms with Crippen molar-refractivity contribution in [1.82, 2.24) is 19.5 Å². The number of fused-ring (bicyclic) bond motifs is 1. The van der Waals surface area contributed by atoms with E-state index in [0.29, 0.717) is 28.4 Å². The van der Waals surface area contributed by atoms with Crippen LogP contribution in [0.15, 0.2) is 36.9 Å². The number of benzene rings is 1. The summed E-state index contributed by atoms with van der Waals surface area (Å²) in [5.74, 6) is -1.65. The summed E-state index contributed by atoms with van der Waals surface area (Å²) >= 11 is 0. The number of anilines is 3. The fourth-order valence-corrected chi connectivity index (χ4v) is 4.06. The molecule has 3 aromatic rings. The number of nitrogens with one attached hydrogen (secondary N) is 2. The van der Waals surface area contributed by atoms with Gasteiger partial charge in [-0.05, 0) is 18.2 Å². The number of carbonyl (C=O) groups excluding carboxylic acids is 4. The minimum absolute atomic E-state index is 0.205. The highest BCUT2D eigenvalue weighted by Crippen LogP contribution is 2.36. The van der Waals surface area contributed by atoms with Crippen LogP contribution >= 0.6 is 0 Å². The molecule has 0 bridgehead atoms. The molecular weight excluding hydrogens is 500 g/mol. The van der Waals surface area contributed by atoms with Gasteiger partial charge in [0.05, 0.1) is 6.33 Å². The van der Waals surface area contributed by atoms with E-state index in [4.69, 9.17) is 18.9 Å². The van der Waals surface area contributed by atoms with Crippen molar-refractivity contribution in [3.8, 4) is 0 Å². The van der Waals surface area contributed by atoms with Crippen molar-refractivity contribution < 1.29 is 38.1 Å². The third-order valence-corrected chi connectivity index (χ3v) is 5.42. The summed E-state index contributed by atoms with van der Waals surface area (Å²) in [5, 5.41) is 5.87. The van der Waals surface area contributed by atoms with E-state index in [0.717, 1.165) is 0 Å². The van der Waals surface area contributed by atoms with Crippen LogP contribution in [-0.2, 0) is 38.1 Å². The van der Waals surface area contributed by atoms with Crippen LogP contribution in [0.2, 0.25) is 0 Å². The Bertz CT molecular complexity index is 1370. The molecule has 3 heterocycles. The number of ether oxygens (including phenoxy) is 4. The molecule has 38 heavy (non-hydrogen) atoms. The molecule has 1 amide bonds. The number of amides is 1. The van der Waals surface area contributed by atoms with Crippen LogP contribution in [0.3, 0.4) is 0 Å². The SMILES string of the molecule is CC(=O)Nc1cccc(Nc2ncnc3c2ncn3[C@@H]2O[C@H](COC(C)=O)[C@@H](OC(C)=O)[C@H]2OC(C)=O)c1. The van der Waals surface area contributed by atoms with E-state index in [9.17, 15) is 19.2 Å². The van der Waals surface area contributed by atoms with Crippen molar-refractivity contribution in [3.05, 3.63) is 36.9 Å². The second-order valence-corrected chi connectivity index (χ2v) is 8.45. The lowest BCUT2D eigenvalue weighted by atomic mass is 10.1. The Balaban J connectivity index is 1.68. The van der Waals surface area contributed by atoms with Crippen LogP contribution in [0.4, 0.5) is 17.2 Å². The van der Waals surface area contributed by atoms with Gasteiger partial charge in [0.2, 0.25) is 5.91 Å². The Labute approximate surface area is 216 Å². The fourth-order valence-electron chi connectivity index (χ4n) is 4.06. The number of nitrogens with zero attached hydrogens (tertiary/aromatic N) is 4. The van der Waals surface area contributed by atoms with Gasteiger partial charge in [0.15, 0.2) is 35.4 Å². The molecule has 0 radical (unpaired) electrons. The predicted molar refractivity (Wildman–Crippen MR) is 131 cm³/mol. The fraction of sp³-hybridized carbons (Fsp3) is 0.375. The molecule has 0 spiro atoms. The first kappa shape index (κ1) is 26.5. The standard InChI is InChI=1S/C24H26N6O8/c1-12(31)28-16-6-5-7-17(8-16)29-22-19-23(26-10-25-22)30(11-27-19)24-21(37-15(4)34)20(36-14(3)33)18(38-24)9-35-13(2)32/h5-8,10-11,18,20-21,24H,9H2,1-4H3,(H,28,31)(H,25,26,29)/t18-,20-,21-,24-/m1/s1. The van der Waals surface area contributed by atoms with Crippen molar-refractivity contribution in [3.63, 3.8) is 0 Å². The first-order valence-electron chi connectivity index (χ1n) is 11.6. The van der Waals surface area contributed by atoms with Crippen molar-refractivity contribution in [2.24, 2.45) is 0 Å². The summed E-state index contributed by atoms with van der Waals surface area (Å²) in [7, 11) is 0. The molecule has 1 aliphatic heterocycles. The van der Waals surface area contributed by atoms with Crippen molar-refractivity contribution >= 4 is 52.2 Å². The number of carbonyl (C=O) groups is 4. The van der Waals surface area contributed by atoms with Gasteiger partial charge in [-0.2, -0.15) is 0 Å². The Morgan fingerprint density at radius 2 is 1.66 bits per heavy atom. The Morgan fingerprint density at radius 1 is 0.947 bits per heavy atom. The van der Waals surface area contributed by atoms with Crippen LogP contribution < -0.4 is 10.6 Å². The lowest BCUT2D eigenvalue weighted by molar-refractivity contribution is -0.166. The van der Waals surface area contributed by atoms with E-state index in [1.807, 2.05) is 0 Å². The smallest absolute Gasteiger partial charge is 0.303 e. The molecule has 4 rings (SSSR count). The molecule has 4 atom stereocenters. The van der Waals surface area contributed by atoms with Crippen LogP contribution in [0.5, 0.6) is 0 Å². The van der Waals surface area contributed by atoms with Gasteiger partial charge in [-0.15, -0.1) is 0 Å². The van der Waals surface area contributed by atoms with E-state index in [1.54, 1.807) is 24.3 Å². The third kappa shape index (κ3) is 6.03. The summed E-state index contributed by atoms with van der Waals surface area (Å²) in [5.41, 5.74) is 1.93. The van der Waals surface area contributed by atoms with Gasteiger partial charge in [0.25, 0.3) is 0 Å². The van der Waals surface area contributed by atoms with E-state index >= 15 is 0 Å². The van der Waals surface area contributed by atoms with Crippen molar-refractivity contribution in [1.29, 1.82) is 0 Å². The van der Waals surface area contributed by atoms with E-state index in [1.165, 1.54) is 44.9 Å². The summed E-state index contributed by atoms with van der Waals surface area (Å²) in [6, 6.07) is 7.02. The van der Waals surface area contributed by atoms with Gasteiger partial charge in [0.1, 0.15) is 19.0 Å². The molecule has 14 nitrogen and oxygen atoms in total. The molecule has 1 aliphatic rings. The number of aromatic nitrogens is 4. The maximum atomic E-state index is 11.9. The maximum absolute atomic E-state index is 11.9. The molecule has 0 unspecified atom stereocenters. The van der Waals surface area contributed by atoms with E-state index in [-0.39, 0.29) is 12.5 Å². The Morgan fingerprint density at radius 3 is 2.34 bits per heavy atom. The Hall–Kier alpha value is -4.59. The monoisotopic (exact) mass is 526 g/mol. The second-order valence-electron chi connectivity index (χ2n) is 8.45. The molecule has 0 aliphatic carbocycles. The minimum Gasteiger partial charge on any atom is -0.463 e. The quantitative estimate of drug-likeness (QED) is 0.323. The normalized spacial score (nSPS) is 20.5. The van der Waals surface area contributed by atoms with Crippen LogP contribution in [0.1, 0.15) is 33.9 Å². The van der Waals surface area contributed by atoms with Gasteiger partial charge < -0.3 is 29.6 Å². The zero-order valence-electron chi connectivity index (χ0n) is 21.0. The van der Waals surface area contributed by atoms with Crippen molar-refractivity contribution in [2.75, 3.05) is 17.2 Å². The molecule has 1 aromatic carbocycles.